The Hall–Kier alpha value is -4.40. The number of pyridine rings is 1. The van der Waals surface area contributed by atoms with Crippen LogP contribution in [-0.4, -0.2) is 52.6 Å². The van der Waals surface area contributed by atoms with Gasteiger partial charge in [0.1, 0.15) is 11.8 Å². The number of nitro groups is 1. The number of imide groups is 1. The maximum Gasteiger partial charge on any atom is 0.306 e. The van der Waals surface area contributed by atoms with Gasteiger partial charge in [-0.2, -0.15) is 15.5 Å². The number of hydrogen-bond acceptors (Lipinski definition) is 8. The summed E-state index contributed by atoms with van der Waals surface area (Å²) in [5.41, 5.74) is 0.256. The van der Waals surface area contributed by atoms with Crippen molar-refractivity contribution in [1.29, 1.82) is 5.26 Å². The summed E-state index contributed by atoms with van der Waals surface area (Å²) in [5.74, 6) is -0.937. The van der Waals surface area contributed by atoms with Crippen molar-refractivity contribution in [3.05, 3.63) is 58.3 Å². The van der Waals surface area contributed by atoms with E-state index in [1.807, 2.05) is 0 Å². The summed E-state index contributed by atoms with van der Waals surface area (Å²) in [4.78, 5) is 40.0. The summed E-state index contributed by atoms with van der Waals surface area (Å²) in [6, 6.07) is 5.47. The van der Waals surface area contributed by atoms with E-state index in [4.69, 9.17) is 5.26 Å². The van der Waals surface area contributed by atoms with Crippen molar-refractivity contribution in [2.75, 3.05) is 0 Å². The Bertz CT molecular complexity index is 1150. The standard InChI is InChI=1S/C18H16N8O4/c1-11(25(12(2)27)18(28)15-3-5-21-22-15)10-24-6-4-14(23-24)13-7-17(26(29)30)16(8-19)20-9-13/h3-7,9,11H,10H2,1-2H3,(H,21,22). The number of rotatable bonds is 6. The molecule has 2 amide bonds. The minimum absolute atomic E-state index is 0.189. The highest BCUT2D eigenvalue weighted by Crippen LogP contribution is 2.24. The van der Waals surface area contributed by atoms with Gasteiger partial charge >= 0.3 is 5.69 Å². The molecule has 0 aliphatic rings. The van der Waals surface area contributed by atoms with Crippen LogP contribution in [0.2, 0.25) is 0 Å². The van der Waals surface area contributed by atoms with E-state index in [9.17, 15) is 19.7 Å². The van der Waals surface area contributed by atoms with Gasteiger partial charge in [-0.1, -0.05) is 0 Å². The van der Waals surface area contributed by atoms with Crippen molar-refractivity contribution in [2.45, 2.75) is 26.4 Å². The van der Waals surface area contributed by atoms with Gasteiger partial charge < -0.3 is 0 Å². The average Bonchev–Trinajstić information content (AvgIpc) is 3.39. The Balaban J connectivity index is 1.82. The topological polar surface area (TPSA) is 164 Å². The SMILES string of the molecule is CC(=O)N(C(=O)c1ccn[nH]1)C(C)Cn1ccc(-c2cnc(C#N)c([N+](=O)[O-])c2)n1. The molecule has 12 heteroatoms. The molecule has 30 heavy (non-hydrogen) atoms. The van der Waals surface area contributed by atoms with E-state index in [0.29, 0.717) is 11.3 Å². The third-order valence-corrected chi connectivity index (χ3v) is 4.29. The van der Waals surface area contributed by atoms with Crippen molar-refractivity contribution in [1.82, 2.24) is 29.9 Å². The second-order valence-electron chi connectivity index (χ2n) is 6.40. The molecule has 0 aliphatic carbocycles. The minimum Gasteiger partial charge on any atom is -0.275 e. The first-order valence-corrected chi connectivity index (χ1v) is 8.73. The van der Waals surface area contributed by atoms with Gasteiger partial charge in [-0.25, -0.2) is 4.98 Å². The third kappa shape index (κ3) is 4.04. The molecule has 1 atom stereocenters. The Labute approximate surface area is 169 Å². The molecule has 3 heterocycles. The zero-order valence-corrected chi connectivity index (χ0v) is 16.0. The highest BCUT2D eigenvalue weighted by molar-refractivity contribution is 6.03. The van der Waals surface area contributed by atoms with Crippen LogP contribution in [0.5, 0.6) is 0 Å². The molecule has 12 nitrogen and oxygen atoms in total. The number of carbonyl (C=O) groups is 2. The molecular formula is C18H16N8O4. The van der Waals surface area contributed by atoms with E-state index in [-0.39, 0.29) is 17.9 Å². The Morgan fingerprint density at radius 3 is 2.80 bits per heavy atom. The largest absolute Gasteiger partial charge is 0.306 e. The molecule has 0 bridgehead atoms. The number of aromatic amines is 1. The van der Waals surface area contributed by atoms with Gasteiger partial charge in [-0.3, -0.25) is 34.4 Å². The molecular weight excluding hydrogens is 392 g/mol. The lowest BCUT2D eigenvalue weighted by atomic mass is 10.2. The summed E-state index contributed by atoms with van der Waals surface area (Å²) in [5, 5.41) is 30.7. The molecule has 0 spiro atoms. The van der Waals surface area contributed by atoms with Crippen LogP contribution in [0.1, 0.15) is 30.0 Å². The normalized spacial score (nSPS) is 11.5. The monoisotopic (exact) mass is 408 g/mol. The predicted molar refractivity (Wildman–Crippen MR) is 102 cm³/mol. The van der Waals surface area contributed by atoms with Gasteiger partial charge in [0.15, 0.2) is 0 Å². The van der Waals surface area contributed by atoms with Crippen molar-refractivity contribution < 1.29 is 14.5 Å². The third-order valence-electron chi connectivity index (χ3n) is 4.29. The second kappa shape index (κ2) is 8.31. The molecule has 1 N–H and O–H groups in total. The maximum atomic E-state index is 12.6. The highest BCUT2D eigenvalue weighted by Gasteiger charge is 2.27. The number of nitrogens with one attached hydrogen (secondary N) is 1. The molecule has 3 aromatic heterocycles. The van der Waals surface area contributed by atoms with Gasteiger partial charge in [-0.15, -0.1) is 0 Å². The molecule has 3 rings (SSSR count). The zero-order valence-electron chi connectivity index (χ0n) is 16.0. The average molecular weight is 408 g/mol. The van der Waals surface area contributed by atoms with Crippen LogP contribution in [0.3, 0.4) is 0 Å². The Morgan fingerprint density at radius 2 is 2.20 bits per heavy atom. The number of amides is 2. The molecule has 0 radical (unpaired) electrons. The molecule has 0 fully saturated rings. The molecule has 152 valence electrons. The van der Waals surface area contributed by atoms with Crippen LogP contribution in [0, 0.1) is 21.4 Å². The van der Waals surface area contributed by atoms with E-state index >= 15 is 0 Å². The first-order valence-electron chi connectivity index (χ1n) is 8.73. The van der Waals surface area contributed by atoms with Gasteiger partial charge in [-0.05, 0) is 19.1 Å². The van der Waals surface area contributed by atoms with Crippen LogP contribution in [-0.2, 0) is 11.3 Å². The van der Waals surface area contributed by atoms with Gasteiger partial charge in [0.25, 0.3) is 5.91 Å². The van der Waals surface area contributed by atoms with E-state index in [1.54, 1.807) is 25.3 Å². The molecule has 0 aromatic carbocycles. The maximum absolute atomic E-state index is 12.6. The van der Waals surface area contributed by atoms with Crippen LogP contribution in [0.25, 0.3) is 11.3 Å². The van der Waals surface area contributed by atoms with Gasteiger partial charge in [0, 0.05) is 37.1 Å². The second-order valence-corrected chi connectivity index (χ2v) is 6.40. The van der Waals surface area contributed by atoms with E-state index < -0.39 is 28.5 Å². The van der Waals surface area contributed by atoms with Gasteiger partial charge in [0.05, 0.1) is 23.2 Å². The van der Waals surface area contributed by atoms with E-state index in [0.717, 1.165) is 4.90 Å². The van der Waals surface area contributed by atoms with E-state index in [2.05, 4.69) is 20.3 Å². The smallest absolute Gasteiger partial charge is 0.275 e. The summed E-state index contributed by atoms with van der Waals surface area (Å²) in [6.45, 7) is 3.19. The quantitative estimate of drug-likeness (QED) is 0.474. The summed E-state index contributed by atoms with van der Waals surface area (Å²) < 4.78 is 1.51. The number of hydrogen-bond donors (Lipinski definition) is 1. The Morgan fingerprint density at radius 1 is 1.43 bits per heavy atom. The van der Waals surface area contributed by atoms with Crippen molar-refractivity contribution in [3.63, 3.8) is 0 Å². The van der Waals surface area contributed by atoms with E-state index in [1.165, 1.54) is 36.1 Å². The van der Waals surface area contributed by atoms with Crippen LogP contribution in [0.4, 0.5) is 5.69 Å². The predicted octanol–water partition coefficient (Wildman–Crippen LogP) is 1.53. The molecule has 0 aliphatic heterocycles. The molecule has 0 saturated heterocycles. The summed E-state index contributed by atoms with van der Waals surface area (Å²) in [7, 11) is 0. The lowest BCUT2D eigenvalue weighted by molar-refractivity contribution is -0.385. The first kappa shape index (κ1) is 20.3. The number of aromatic nitrogens is 5. The number of H-pyrrole nitrogens is 1. The fourth-order valence-corrected chi connectivity index (χ4v) is 2.95. The molecule has 0 saturated carbocycles. The van der Waals surface area contributed by atoms with Crippen molar-refractivity contribution >= 4 is 17.5 Å². The fraction of sp³-hybridized carbons (Fsp3) is 0.222. The van der Waals surface area contributed by atoms with Crippen LogP contribution >= 0.6 is 0 Å². The lowest BCUT2D eigenvalue weighted by Crippen LogP contribution is -2.44. The summed E-state index contributed by atoms with van der Waals surface area (Å²) >= 11 is 0. The highest BCUT2D eigenvalue weighted by atomic mass is 16.6. The number of nitrogens with zero attached hydrogens (tertiary/aromatic N) is 7. The molecule has 1 unspecified atom stereocenters. The number of carbonyl (C=O) groups excluding carboxylic acids is 2. The van der Waals surface area contributed by atoms with Crippen LogP contribution < -0.4 is 0 Å². The minimum atomic E-state index is -0.681. The first-order chi connectivity index (χ1) is 14.3. The van der Waals surface area contributed by atoms with Crippen LogP contribution in [0.15, 0.2) is 36.8 Å². The lowest BCUT2D eigenvalue weighted by Gasteiger charge is -2.25. The van der Waals surface area contributed by atoms with Gasteiger partial charge in [0.2, 0.25) is 11.6 Å². The number of nitriles is 1. The Kier molecular flexibility index (Phi) is 5.63. The summed E-state index contributed by atoms with van der Waals surface area (Å²) in [6.07, 6.45) is 4.36. The van der Waals surface area contributed by atoms with Crippen molar-refractivity contribution in [3.8, 4) is 17.3 Å². The fourth-order valence-electron chi connectivity index (χ4n) is 2.95. The zero-order chi connectivity index (χ0) is 21.8. The van der Waals surface area contributed by atoms with Crippen molar-refractivity contribution in [2.24, 2.45) is 0 Å². The molecule has 3 aromatic rings.